The Hall–Kier alpha value is -1.21. The van der Waals surface area contributed by atoms with Gasteiger partial charge < -0.3 is 20.7 Å². The largest absolute Gasteiger partial charge is 0.393 e. The van der Waals surface area contributed by atoms with Gasteiger partial charge in [-0.25, -0.2) is 0 Å². The van der Waals surface area contributed by atoms with Crippen LogP contribution in [0.15, 0.2) is 0 Å². The normalized spacial score (nSPS) is 16.8. The first-order valence-corrected chi connectivity index (χ1v) is 6.89. The average Bonchev–Trinajstić information content (AvgIpc) is 2.40. The molecule has 19 heavy (non-hydrogen) atoms. The summed E-state index contributed by atoms with van der Waals surface area (Å²) in [5, 5.41) is 2.70. The number of nitrogens with two attached hydrogens (primary N) is 1. The molecular formula is C12H21N3O3S. The molecule has 1 rings (SSSR count). The van der Waals surface area contributed by atoms with Crippen LogP contribution in [0.3, 0.4) is 0 Å². The summed E-state index contributed by atoms with van der Waals surface area (Å²) in [6.07, 6.45) is 0.859. The van der Waals surface area contributed by atoms with E-state index in [1.165, 1.54) is 0 Å². The van der Waals surface area contributed by atoms with Crippen LogP contribution < -0.4 is 11.1 Å². The summed E-state index contributed by atoms with van der Waals surface area (Å²) in [5.41, 5.74) is 5.48. The highest BCUT2D eigenvalue weighted by molar-refractivity contribution is 7.80. The van der Waals surface area contributed by atoms with E-state index in [0.717, 1.165) is 0 Å². The number of hydrogen-bond acceptors (Lipinski definition) is 4. The first kappa shape index (κ1) is 15.8. The van der Waals surface area contributed by atoms with Crippen molar-refractivity contribution in [3.8, 4) is 0 Å². The number of thiocarbonyl (C=S) groups is 1. The third-order valence-electron chi connectivity index (χ3n) is 3.07. The second-order valence-electron chi connectivity index (χ2n) is 4.40. The molecule has 1 heterocycles. The van der Waals surface area contributed by atoms with Crippen molar-refractivity contribution in [1.29, 1.82) is 0 Å². The number of morpholine rings is 1. The first-order chi connectivity index (χ1) is 9.06. The third kappa shape index (κ3) is 5.12. The summed E-state index contributed by atoms with van der Waals surface area (Å²) in [5.74, 6) is -0.620. The quantitative estimate of drug-likeness (QED) is 0.653. The molecule has 0 aromatic carbocycles. The first-order valence-electron chi connectivity index (χ1n) is 6.48. The predicted octanol–water partition coefficient (Wildman–Crippen LogP) is -0.336. The molecule has 0 spiro atoms. The Kier molecular flexibility index (Phi) is 6.72. The molecule has 1 unspecified atom stereocenters. The van der Waals surface area contributed by atoms with E-state index in [0.29, 0.717) is 45.7 Å². The smallest absolute Gasteiger partial charge is 0.229 e. The van der Waals surface area contributed by atoms with Crippen LogP contribution in [0.2, 0.25) is 0 Å². The summed E-state index contributed by atoms with van der Waals surface area (Å²) in [6, 6.07) is 0. The molecule has 1 aliphatic heterocycles. The fourth-order valence-corrected chi connectivity index (χ4v) is 2.18. The Morgan fingerprint density at radius 2 is 2.05 bits per heavy atom. The lowest BCUT2D eigenvalue weighted by atomic mass is 10.1. The van der Waals surface area contributed by atoms with Crippen LogP contribution in [0.1, 0.15) is 19.8 Å². The van der Waals surface area contributed by atoms with E-state index in [-0.39, 0.29) is 16.8 Å². The van der Waals surface area contributed by atoms with E-state index in [2.05, 4.69) is 5.32 Å². The second kappa shape index (κ2) is 8.06. The zero-order valence-corrected chi connectivity index (χ0v) is 12.0. The van der Waals surface area contributed by atoms with Gasteiger partial charge in [0.2, 0.25) is 11.8 Å². The predicted molar refractivity (Wildman–Crippen MR) is 75.6 cm³/mol. The number of rotatable bonds is 6. The maximum absolute atomic E-state index is 11.8. The van der Waals surface area contributed by atoms with Crippen LogP contribution in [0.25, 0.3) is 0 Å². The van der Waals surface area contributed by atoms with E-state index in [1.807, 2.05) is 6.92 Å². The Bertz CT molecular complexity index is 343. The molecule has 0 radical (unpaired) electrons. The fraction of sp³-hybridized carbons (Fsp3) is 0.750. The summed E-state index contributed by atoms with van der Waals surface area (Å²) >= 11 is 4.82. The number of ether oxygens (including phenoxy) is 1. The summed E-state index contributed by atoms with van der Waals surface area (Å²) in [6.45, 7) is 4.57. The van der Waals surface area contributed by atoms with Gasteiger partial charge in [0.15, 0.2) is 0 Å². The van der Waals surface area contributed by atoms with E-state index in [4.69, 9.17) is 22.7 Å². The molecule has 2 amide bonds. The van der Waals surface area contributed by atoms with Crippen molar-refractivity contribution in [3.63, 3.8) is 0 Å². The minimum absolute atomic E-state index is 0.0342. The SMILES string of the molecule is CCC(C(=O)NCCC(=O)N1CCOCC1)C(N)=S. The molecule has 1 fully saturated rings. The molecule has 1 saturated heterocycles. The lowest BCUT2D eigenvalue weighted by Gasteiger charge is -2.27. The maximum Gasteiger partial charge on any atom is 0.229 e. The fourth-order valence-electron chi connectivity index (χ4n) is 1.90. The zero-order valence-electron chi connectivity index (χ0n) is 11.2. The van der Waals surface area contributed by atoms with Gasteiger partial charge in [0.1, 0.15) is 0 Å². The van der Waals surface area contributed by atoms with E-state index in [9.17, 15) is 9.59 Å². The number of carbonyl (C=O) groups excluding carboxylic acids is 2. The number of hydrogen-bond donors (Lipinski definition) is 2. The minimum atomic E-state index is -0.450. The Morgan fingerprint density at radius 3 is 2.58 bits per heavy atom. The lowest BCUT2D eigenvalue weighted by molar-refractivity contribution is -0.135. The van der Waals surface area contributed by atoms with Gasteiger partial charge in [0.25, 0.3) is 0 Å². The Morgan fingerprint density at radius 1 is 1.42 bits per heavy atom. The lowest BCUT2D eigenvalue weighted by Crippen LogP contribution is -2.43. The second-order valence-corrected chi connectivity index (χ2v) is 4.87. The number of nitrogens with zero attached hydrogens (tertiary/aromatic N) is 1. The Balaban J connectivity index is 2.27. The van der Waals surface area contributed by atoms with Crippen LogP contribution in [-0.2, 0) is 14.3 Å². The minimum Gasteiger partial charge on any atom is -0.393 e. The number of nitrogens with one attached hydrogen (secondary N) is 1. The third-order valence-corrected chi connectivity index (χ3v) is 3.35. The standard InChI is InChI=1S/C12H21N3O3S/c1-2-9(11(13)19)12(17)14-4-3-10(16)15-5-7-18-8-6-15/h9H,2-8H2,1H3,(H2,13,19)(H,14,17). The average molecular weight is 287 g/mol. The van der Waals surface area contributed by atoms with Crippen molar-refractivity contribution < 1.29 is 14.3 Å². The highest BCUT2D eigenvalue weighted by Crippen LogP contribution is 2.03. The summed E-state index contributed by atoms with van der Waals surface area (Å²) < 4.78 is 5.17. The molecule has 7 heteroatoms. The molecule has 6 nitrogen and oxygen atoms in total. The van der Waals surface area contributed by atoms with Gasteiger partial charge in [-0.2, -0.15) is 0 Å². The van der Waals surface area contributed by atoms with Crippen molar-refractivity contribution in [3.05, 3.63) is 0 Å². The van der Waals surface area contributed by atoms with Crippen molar-refractivity contribution in [1.82, 2.24) is 10.2 Å². The molecule has 0 aromatic rings. The van der Waals surface area contributed by atoms with Crippen molar-refractivity contribution in [2.24, 2.45) is 11.7 Å². The van der Waals surface area contributed by atoms with E-state index >= 15 is 0 Å². The monoisotopic (exact) mass is 287 g/mol. The zero-order chi connectivity index (χ0) is 14.3. The molecule has 0 aromatic heterocycles. The van der Waals surface area contributed by atoms with E-state index in [1.54, 1.807) is 4.90 Å². The number of amides is 2. The molecule has 108 valence electrons. The van der Waals surface area contributed by atoms with Crippen molar-refractivity contribution in [2.45, 2.75) is 19.8 Å². The molecule has 0 bridgehead atoms. The van der Waals surface area contributed by atoms with Gasteiger partial charge in [-0.1, -0.05) is 19.1 Å². The summed E-state index contributed by atoms with van der Waals surface area (Å²) in [4.78, 5) is 25.5. The highest BCUT2D eigenvalue weighted by atomic mass is 32.1. The molecule has 3 N–H and O–H groups in total. The van der Waals surface area contributed by atoms with Gasteiger partial charge in [-0.15, -0.1) is 0 Å². The topological polar surface area (TPSA) is 84.7 Å². The summed E-state index contributed by atoms with van der Waals surface area (Å²) in [7, 11) is 0. The van der Waals surface area contributed by atoms with Crippen molar-refractivity contribution >= 4 is 29.0 Å². The molecule has 1 atom stereocenters. The number of carbonyl (C=O) groups is 2. The van der Waals surface area contributed by atoms with Crippen LogP contribution in [0, 0.1) is 5.92 Å². The molecule has 0 aliphatic carbocycles. The van der Waals surface area contributed by atoms with Gasteiger partial charge in [-0.3, -0.25) is 9.59 Å². The van der Waals surface area contributed by atoms with Crippen molar-refractivity contribution in [2.75, 3.05) is 32.8 Å². The van der Waals surface area contributed by atoms with Crippen LogP contribution in [0.4, 0.5) is 0 Å². The van der Waals surface area contributed by atoms with Crippen LogP contribution in [-0.4, -0.2) is 54.6 Å². The highest BCUT2D eigenvalue weighted by Gasteiger charge is 2.20. The van der Waals surface area contributed by atoms with Crippen LogP contribution in [0.5, 0.6) is 0 Å². The molecule has 1 aliphatic rings. The Labute approximate surface area is 118 Å². The van der Waals surface area contributed by atoms with Gasteiger partial charge in [0, 0.05) is 26.1 Å². The van der Waals surface area contributed by atoms with Gasteiger partial charge >= 0.3 is 0 Å². The van der Waals surface area contributed by atoms with Crippen LogP contribution >= 0.6 is 12.2 Å². The van der Waals surface area contributed by atoms with Gasteiger partial charge in [-0.05, 0) is 6.42 Å². The molecular weight excluding hydrogens is 266 g/mol. The maximum atomic E-state index is 11.8. The van der Waals surface area contributed by atoms with E-state index < -0.39 is 5.92 Å². The van der Waals surface area contributed by atoms with Gasteiger partial charge in [0.05, 0.1) is 24.1 Å². The molecule has 0 saturated carbocycles.